The SMILES string of the molecule is CCOc1cc(F)ccc1NC(=O)c1ccc([N+](=O)[O-])c(C)c1. The number of nitro benzene ring substituents is 1. The maximum Gasteiger partial charge on any atom is 0.272 e. The average Bonchev–Trinajstić information content (AvgIpc) is 2.49. The smallest absolute Gasteiger partial charge is 0.272 e. The predicted octanol–water partition coefficient (Wildman–Crippen LogP) is 3.69. The van der Waals surface area contributed by atoms with Crippen molar-refractivity contribution in [2.24, 2.45) is 0 Å². The van der Waals surface area contributed by atoms with Crippen LogP contribution in [0.1, 0.15) is 22.8 Å². The molecule has 0 unspecified atom stereocenters. The molecule has 6 nitrogen and oxygen atoms in total. The van der Waals surface area contributed by atoms with Gasteiger partial charge < -0.3 is 10.1 Å². The van der Waals surface area contributed by atoms with Gasteiger partial charge in [-0.05, 0) is 38.1 Å². The van der Waals surface area contributed by atoms with E-state index in [0.717, 1.165) is 0 Å². The second-order valence-corrected chi connectivity index (χ2v) is 4.79. The Morgan fingerprint density at radius 1 is 1.30 bits per heavy atom. The molecule has 0 fully saturated rings. The summed E-state index contributed by atoms with van der Waals surface area (Å²) in [5.41, 5.74) is 0.916. The first kappa shape index (κ1) is 16.4. The van der Waals surface area contributed by atoms with E-state index in [4.69, 9.17) is 4.74 Å². The minimum atomic E-state index is -0.510. The number of hydrogen-bond donors (Lipinski definition) is 1. The first-order chi connectivity index (χ1) is 10.9. The summed E-state index contributed by atoms with van der Waals surface area (Å²) in [7, 11) is 0. The molecule has 120 valence electrons. The Morgan fingerprint density at radius 2 is 2.04 bits per heavy atom. The number of ether oxygens (including phenoxy) is 1. The molecule has 2 rings (SSSR count). The summed E-state index contributed by atoms with van der Waals surface area (Å²) in [5.74, 6) is -0.715. The van der Waals surface area contributed by atoms with Crippen LogP contribution in [0.25, 0.3) is 0 Å². The molecule has 0 heterocycles. The summed E-state index contributed by atoms with van der Waals surface area (Å²) in [6, 6.07) is 7.86. The third-order valence-electron chi connectivity index (χ3n) is 3.15. The zero-order valence-corrected chi connectivity index (χ0v) is 12.6. The van der Waals surface area contributed by atoms with Gasteiger partial charge in [0, 0.05) is 23.3 Å². The highest BCUT2D eigenvalue weighted by molar-refractivity contribution is 6.05. The summed E-state index contributed by atoms with van der Waals surface area (Å²) in [4.78, 5) is 22.5. The molecule has 0 radical (unpaired) electrons. The number of hydrogen-bond acceptors (Lipinski definition) is 4. The van der Waals surface area contributed by atoms with E-state index < -0.39 is 16.6 Å². The van der Waals surface area contributed by atoms with Crippen molar-refractivity contribution >= 4 is 17.3 Å². The van der Waals surface area contributed by atoms with E-state index in [1.165, 1.54) is 36.4 Å². The molecule has 2 aromatic carbocycles. The van der Waals surface area contributed by atoms with Crippen LogP contribution in [0.15, 0.2) is 36.4 Å². The normalized spacial score (nSPS) is 10.2. The summed E-state index contributed by atoms with van der Waals surface area (Å²) in [6.07, 6.45) is 0. The minimum Gasteiger partial charge on any atom is -0.492 e. The number of carbonyl (C=O) groups excluding carboxylic acids is 1. The fourth-order valence-corrected chi connectivity index (χ4v) is 2.07. The number of rotatable bonds is 5. The maximum absolute atomic E-state index is 13.2. The van der Waals surface area contributed by atoms with Gasteiger partial charge in [-0.3, -0.25) is 14.9 Å². The monoisotopic (exact) mass is 318 g/mol. The number of carbonyl (C=O) groups is 1. The van der Waals surface area contributed by atoms with Crippen molar-refractivity contribution < 1.29 is 18.8 Å². The van der Waals surface area contributed by atoms with E-state index >= 15 is 0 Å². The Morgan fingerprint density at radius 3 is 2.65 bits per heavy atom. The number of halogens is 1. The van der Waals surface area contributed by atoms with Crippen molar-refractivity contribution in [2.45, 2.75) is 13.8 Å². The zero-order chi connectivity index (χ0) is 17.0. The molecule has 23 heavy (non-hydrogen) atoms. The number of aryl methyl sites for hydroxylation is 1. The largest absolute Gasteiger partial charge is 0.492 e. The standard InChI is InChI=1S/C16H15FN2O4/c1-3-23-15-9-12(17)5-6-13(15)18-16(20)11-4-7-14(19(21)22)10(2)8-11/h4-9H,3H2,1-2H3,(H,18,20). The molecule has 0 aliphatic carbocycles. The molecule has 0 atom stereocenters. The molecule has 0 aliphatic rings. The number of amides is 1. The highest BCUT2D eigenvalue weighted by Gasteiger charge is 2.15. The molecule has 7 heteroatoms. The summed E-state index contributed by atoms with van der Waals surface area (Å²) < 4.78 is 18.5. The number of benzene rings is 2. The van der Waals surface area contributed by atoms with Crippen LogP contribution in [0, 0.1) is 22.9 Å². The van der Waals surface area contributed by atoms with Gasteiger partial charge in [-0.2, -0.15) is 0 Å². The quantitative estimate of drug-likeness (QED) is 0.673. The first-order valence-corrected chi connectivity index (χ1v) is 6.91. The van der Waals surface area contributed by atoms with Gasteiger partial charge in [0.1, 0.15) is 11.6 Å². The van der Waals surface area contributed by atoms with E-state index in [1.54, 1.807) is 13.8 Å². The lowest BCUT2D eigenvalue weighted by molar-refractivity contribution is -0.385. The van der Waals surface area contributed by atoms with E-state index in [2.05, 4.69) is 5.32 Å². The Labute approximate surface area is 132 Å². The lowest BCUT2D eigenvalue weighted by Gasteiger charge is -2.12. The van der Waals surface area contributed by atoms with Gasteiger partial charge in [0.15, 0.2) is 0 Å². The van der Waals surface area contributed by atoms with Gasteiger partial charge in [0.05, 0.1) is 17.2 Å². The predicted molar refractivity (Wildman–Crippen MR) is 83.4 cm³/mol. The van der Waals surface area contributed by atoms with E-state index in [9.17, 15) is 19.3 Å². The van der Waals surface area contributed by atoms with Gasteiger partial charge in [-0.25, -0.2) is 4.39 Å². The van der Waals surface area contributed by atoms with Crippen LogP contribution < -0.4 is 10.1 Å². The third kappa shape index (κ3) is 3.82. The van der Waals surface area contributed by atoms with Gasteiger partial charge in [0.2, 0.25) is 0 Å². The van der Waals surface area contributed by atoms with E-state index in [0.29, 0.717) is 17.9 Å². The molecule has 0 aromatic heterocycles. The van der Waals surface area contributed by atoms with Crippen LogP contribution in [-0.2, 0) is 0 Å². The fraction of sp³-hybridized carbons (Fsp3) is 0.188. The molecule has 0 aliphatic heterocycles. The van der Waals surface area contributed by atoms with Gasteiger partial charge in [0.25, 0.3) is 11.6 Å². The molecular weight excluding hydrogens is 303 g/mol. The van der Waals surface area contributed by atoms with Crippen molar-refractivity contribution in [3.05, 3.63) is 63.5 Å². The van der Waals surface area contributed by atoms with Crippen LogP contribution in [-0.4, -0.2) is 17.4 Å². The van der Waals surface area contributed by atoms with Gasteiger partial charge in [-0.1, -0.05) is 0 Å². The van der Waals surface area contributed by atoms with Crippen molar-refractivity contribution in [3.63, 3.8) is 0 Å². The average molecular weight is 318 g/mol. The van der Waals surface area contributed by atoms with Crippen LogP contribution in [0.2, 0.25) is 0 Å². The molecule has 1 amide bonds. The summed E-state index contributed by atoms with van der Waals surface area (Å²) in [6.45, 7) is 3.62. The summed E-state index contributed by atoms with van der Waals surface area (Å²) >= 11 is 0. The van der Waals surface area contributed by atoms with E-state index in [-0.39, 0.29) is 17.0 Å². The second kappa shape index (κ2) is 6.87. The fourth-order valence-electron chi connectivity index (χ4n) is 2.07. The Kier molecular flexibility index (Phi) is 4.90. The summed E-state index contributed by atoms with van der Waals surface area (Å²) in [5, 5.41) is 13.4. The molecular formula is C16H15FN2O4. The number of nitrogens with zero attached hydrogens (tertiary/aromatic N) is 1. The Hall–Kier alpha value is -2.96. The molecule has 1 N–H and O–H groups in total. The van der Waals surface area contributed by atoms with Crippen LogP contribution in [0.3, 0.4) is 0 Å². The molecule has 0 bridgehead atoms. The topological polar surface area (TPSA) is 81.5 Å². The number of nitrogens with one attached hydrogen (secondary N) is 1. The number of nitro groups is 1. The van der Waals surface area contributed by atoms with Gasteiger partial charge >= 0.3 is 0 Å². The number of anilines is 1. The van der Waals surface area contributed by atoms with Crippen molar-refractivity contribution in [1.29, 1.82) is 0 Å². The Balaban J connectivity index is 2.26. The van der Waals surface area contributed by atoms with Crippen molar-refractivity contribution in [1.82, 2.24) is 0 Å². The van der Waals surface area contributed by atoms with Crippen LogP contribution in [0.5, 0.6) is 5.75 Å². The van der Waals surface area contributed by atoms with Crippen molar-refractivity contribution in [3.8, 4) is 5.75 Å². The molecule has 2 aromatic rings. The maximum atomic E-state index is 13.2. The molecule has 0 saturated heterocycles. The highest BCUT2D eigenvalue weighted by atomic mass is 19.1. The second-order valence-electron chi connectivity index (χ2n) is 4.79. The first-order valence-electron chi connectivity index (χ1n) is 6.91. The van der Waals surface area contributed by atoms with Gasteiger partial charge in [-0.15, -0.1) is 0 Å². The van der Waals surface area contributed by atoms with Crippen LogP contribution in [0.4, 0.5) is 15.8 Å². The van der Waals surface area contributed by atoms with Crippen molar-refractivity contribution in [2.75, 3.05) is 11.9 Å². The highest BCUT2D eigenvalue weighted by Crippen LogP contribution is 2.26. The lowest BCUT2D eigenvalue weighted by Crippen LogP contribution is -2.13. The lowest BCUT2D eigenvalue weighted by atomic mass is 10.1. The minimum absolute atomic E-state index is 0.0571. The van der Waals surface area contributed by atoms with Crippen LogP contribution >= 0.6 is 0 Å². The molecule has 0 spiro atoms. The Bertz CT molecular complexity index is 762. The zero-order valence-electron chi connectivity index (χ0n) is 12.6. The molecule has 0 saturated carbocycles. The van der Waals surface area contributed by atoms with E-state index in [1.807, 2.05) is 0 Å². The third-order valence-corrected chi connectivity index (χ3v) is 3.15.